The molecule has 1 amide bonds. The van der Waals surface area contributed by atoms with E-state index in [9.17, 15) is 13.2 Å². The van der Waals surface area contributed by atoms with E-state index in [1.165, 1.54) is 4.31 Å². The number of hydrogen-bond donors (Lipinski definition) is 0. The van der Waals surface area contributed by atoms with Crippen LogP contribution in [0.25, 0.3) is 5.69 Å². The van der Waals surface area contributed by atoms with Crippen molar-refractivity contribution in [3.8, 4) is 5.69 Å². The lowest BCUT2D eigenvalue weighted by Crippen LogP contribution is -2.47. The van der Waals surface area contributed by atoms with Crippen LogP contribution in [0, 0.1) is 20.8 Å². The minimum Gasteiger partial charge on any atom is -0.338 e. The standard InChI is InChI=1S/C22H31N3O3S/c1-6-29(27,28)23(5)19-11-13-24(14-12-19)22(26)20-15-17(3)25(18(20)4)21-10-8-7-9-16(21)2/h7-10,15,19H,6,11-14H2,1-5H3. The van der Waals surface area contributed by atoms with E-state index in [0.717, 1.165) is 28.2 Å². The normalized spacial score (nSPS) is 15.9. The van der Waals surface area contributed by atoms with Crippen LogP contribution in [0.3, 0.4) is 0 Å². The van der Waals surface area contributed by atoms with Crippen LogP contribution < -0.4 is 0 Å². The Labute approximate surface area is 174 Å². The molecule has 2 heterocycles. The van der Waals surface area contributed by atoms with Crippen LogP contribution in [0.15, 0.2) is 30.3 Å². The molecule has 7 heteroatoms. The Bertz CT molecular complexity index is 1000. The van der Waals surface area contributed by atoms with Crippen molar-refractivity contribution in [2.75, 3.05) is 25.9 Å². The summed E-state index contributed by atoms with van der Waals surface area (Å²) >= 11 is 0. The zero-order valence-corrected chi connectivity index (χ0v) is 18.8. The monoisotopic (exact) mass is 417 g/mol. The third-order valence-corrected chi connectivity index (χ3v) is 7.99. The molecule has 0 atom stereocenters. The summed E-state index contributed by atoms with van der Waals surface area (Å²) in [4.78, 5) is 15.1. The molecule has 2 aromatic rings. The first-order valence-corrected chi connectivity index (χ1v) is 11.8. The van der Waals surface area contributed by atoms with E-state index in [0.29, 0.717) is 25.9 Å². The van der Waals surface area contributed by atoms with Gasteiger partial charge in [0.25, 0.3) is 5.91 Å². The van der Waals surface area contributed by atoms with Gasteiger partial charge in [-0.1, -0.05) is 18.2 Å². The number of amides is 1. The molecule has 1 aliphatic heterocycles. The number of aromatic nitrogens is 1. The van der Waals surface area contributed by atoms with Gasteiger partial charge in [0.15, 0.2) is 0 Å². The molecule has 1 fully saturated rings. The highest BCUT2D eigenvalue weighted by Gasteiger charge is 2.31. The number of likely N-dealkylation sites (tertiary alicyclic amines) is 1. The fourth-order valence-electron chi connectivity index (χ4n) is 4.20. The predicted octanol–water partition coefficient (Wildman–Crippen LogP) is 3.29. The second-order valence-corrected chi connectivity index (χ2v) is 10.2. The Morgan fingerprint density at radius 3 is 2.34 bits per heavy atom. The summed E-state index contributed by atoms with van der Waals surface area (Å²) in [5.41, 5.74) is 4.94. The minimum absolute atomic E-state index is 0.0254. The highest BCUT2D eigenvalue weighted by molar-refractivity contribution is 7.89. The maximum absolute atomic E-state index is 13.2. The Balaban J connectivity index is 1.78. The number of carbonyl (C=O) groups excluding carboxylic acids is 1. The van der Waals surface area contributed by atoms with E-state index in [-0.39, 0.29) is 17.7 Å². The van der Waals surface area contributed by atoms with Crippen LogP contribution in [0.1, 0.15) is 47.1 Å². The van der Waals surface area contributed by atoms with Crippen molar-refractivity contribution in [2.45, 2.75) is 46.6 Å². The quantitative estimate of drug-likeness (QED) is 0.750. The Kier molecular flexibility index (Phi) is 6.19. The molecule has 29 heavy (non-hydrogen) atoms. The number of piperidine rings is 1. The number of carbonyl (C=O) groups is 1. The lowest BCUT2D eigenvalue weighted by molar-refractivity contribution is 0.0685. The Morgan fingerprint density at radius 1 is 1.14 bits per heavy atom. The smallest absolute Gasteiger partial charge is 0.255 e. The molecule has 0 saturated carbocycles. The third kappa shape index (κ3) is 4.12. The van der Waals surface area contributed by atoms with Crippen molar-refractivity contribution >= 4 is 15.9 Å². The Hall–Kier alpha value is -2.12. The molecule has 1 aliphatic rings. The lowest BCUT2D eigenvalue weighted by Gasteiger charge is -2.36. The van der Waals surface area contributed by atoms with E-state index < -0.39 is 10.0 Å². The third-order valence-electron chi connectivity index (χ3n) is 6.09. The van der Waals surface area contributed by atoms with Crippen LogP contribution in [0.4, 0.5) is 0 Å². The highest BCUT2D eigenvalue weighted by atomic mass is 32.2. The number of rotatable bonds is 5. The SMILES string of the molecule is CCS(=O)(=O)N(C)C1CCN(C(=O)c2cc(C)n(-c3ccccc3C)c2C)CC1. The van der Waals surface area contributed by atoms with Gasteiger partial charge in [-0.2, -0.15) is 0 Å². The number of hydrogen-bond acceptors (Lipinski definition) is 3. The molecule has 3 rings (SSSR count). The van der Waals surface area contributed by atoms with Crippen LogP contribution in [-0.4, -0.2) is 60.0 Å². The first kappa shape index (κ1) is 21.6. The summed E-state index contributed by atoms with van der Waals surface area (Å²) < 4.78 is 27.9. The number of sulfonamides is 1. The molecular formula is C22H31N3O3S. The summed E-state index contributed by atoms with van der Waals surface area (Å²) in [5.74, 6) is 0.130. The number of benzene rings is 1. The van der Waals surface area contributed by atoms with Gasteiger partial charge in [0.05, 0.1) is 11.3 Å². The number of nitrogens with zero attached hydrogens (tertiary/aromatic N) is 3. The van der Waals surface area contributed by atoms with Crippen molar-refractivity contribution in [3.63, 3.8) is 0 Å². The number of aryl methyl sites for hydroxylation is 2. The van der Waals surface area contributed by atoms with E-state index in [2.05, 4.69) is 23.6 Å². The van der Waals surface area contributed by atoms with E-state index in [1.807, 2.05) is 36.9 Å². The predicted molar refractivity (Wildman–Crippen MR) is 116 cm³/mol. The molecule has 0 unspecified atom stereocenters. The maximum Gasteiger partial charge on any atom is 0.255 e. The molecule has 0 N–H and O–H groups in total. The summed E-state index contributed by atoms with van der Waals surface area (Å²) in [5, 5.41) is 0. The van der Waals surface area contributed by atoms with Gasteiger partial charge in [-0.25, -0.2) is 12.7 Å². The molecule has 1 aromatic heterocycles. The fourth-order valence-corrected chi connectivity index (χ4v) is 5.27. The summed E-state index contributed by atoms with van der Waals surface area (Å²) in [6, 6.07) is 10.1. The molecule has 6 nitrogen and oxygen atoms in total. The second-order valence-electron chi connectivity index (χ2n) is 7.85. The highest BCUT2D eigenvalue weighted by Crippen LogP contribution is 2.26. The van der Waals surface area contributed by atoms with Gasteiger partial charge in [0, 0.05) is 43.3 Å². The molecule has 1 saturated heterocycles. The first-order chi connectivity index (χ1) is 13.7. The van der Waals surface area contributed by atoms with E-state index in [4.69, 9.17) is 0 Å². The maximum atomic E-state index is 13.2. The minimum atomic E-state index is -3.20. The average Bonchev–Trinajstić information content (AvgIpc) is 3.01. The van der Waals surface area contributed by atoms with Crippen molar-refractivity contribution in [1.82, 2.24) is 13.8 Å². The Morgan fingerprint density at radius 2 is 1.76 bits per heavy atom. The van der Waals surface area contributed by atoms with Crippen molar-refractivity contribution < 1.29 is 13.2 Å². The van der Waals surface area contributed by atoms with Crippen LogP contribution in [-0.2, 0) is 10.0 Å². The van der Waals surface area contributed by atoms with Crippen LogP contribution >= 0.6 is 0 Å². The van der Waals surface area contributed by atoms with Crippen LogP contribution in [0.2, 0.25) is 0 Å². The van der Waals surface area contributed by atoms with Gasteiger partial charge in [0.2, 0.25) is 10.0 Å². The number of para-hydroxylation sites is 1. The molecule has 0 aliphatic carbocycles. The van der Waals surface area contributed by atoms with E-state index in [1.54, 1.807) is 14.0 Å². The first-order valence-electron chi connectivity index (χ1n) is 10.2. The van der Waals surface area contributed by atoms with Gasteiger partial charge in [-0.3, -0.25) is 4.79 Å². The van der Waals surface area contributed by atoms with Gasteiger partial charge in [-0.05, 0) is 58.2 Å². The van der Waals surface area contributed by atoms with Gasteiger partial charge in [0.1, 0.15) is 0 Å². The topological polar surface area (TPSA) is 62.6 Å². The molecule has 1 aromatic carbocycles. The lowest BCUT2D eigenvalue weighted by atomic mass is 10.0. The largest absolute Gasteiger partial charge is 0.338 e. The summed E-state index contributed by atoms with van der Waals surface area (Å²) in [6.45, 7) is 8.88. The van der Waals surface area contributed by atoms with Crippen molar-refractivity contribution in [1.29, 1.82) is 0 Å². The summed E-state index contributed by atoms with van der Waals surface area (Å²) in [7, 11) is -1.56. The average molecular weight is 418 g/mol. The zero-order valence-electron chi connectivity index (χ0n) is 18.0. The molecular weight excluding hydrogens is 386 g/mol. The van der Waals surface area contributed by atoms with Crippen molar-refractivity contribution in [2.24, 2.45) is 0 Å². The van der Waals surface area contributed by atoms with Crippen molar-refractivity contribution in [3.05, 3.63) is 52.8 Å². The molecule has 0 radical (unpaired) electrons. The van der Waals surface area contributed by atoms with Gasteiger partial charge >= 0.3 is 0 Å². The van der Waals surface area contributed by atoms with Crippen LogP contribution in [0.5, 0.6) is 0 Å². The molecule has 0 bridgehead atoms. The van der Waals surface area contributed by atoms with Gasteiger partial charge in [-0.15, -0.1) is 0 Å². The molecule has 158 valence electrons. The van der Waals surface area contributed by atoms with Gasteiger partial charge < -0.3 is 9.47 Å². The zero-order chi connectivity index (χ0) is 21.3. The van der Waals surface area contributed by atoms with E-state index >= 15 is 0 Å². The summed E-state index contributed by atoms with van der Waals surface area (Å²) in [6.07, 6.45) is 1.33. The second kappa shape index (κ2) is 8.32. The molecule has 0 spiro atoms. The fraction of sp³-hybridized carbons (Fsp3) is 0.500.